The molecule has 136 valence electrons. The molecule has 0 spiro atoms. The van der Waals surface area contributed by atoms with Crippen LogP contribution in [0, 0.1) is 5.82 Å². The highest BCUT2D eigenvalue weighted by atomic mass is 32.2. The lowest BCUT2D eigenvalue weighted by molar-refractivity contribution is 0.0955. The normalized spacial score (nSPS) is 14.0. The first-order chi connectivity index (χ1) is 13.0. The van der Waals surface area contributed by atoms with E-state index in [2.05, 4.69) is 10.5 Å². The average molecular weight is 384 g/mol. The quantitative estimate of drug-likeness (QED) is 0.704. The van der Waals surface area contributed by atoms with Crippen LogP contribution in [0.25, 0.3) is 10.8 Å². The number of sulfone groups is 1. The van der Waals surface area contributed by atoms with E-state index in [1.807, 2.05) is 0 Å². The first-order valence-electron chi connectivity index (χ1n) is 7.99. The lowest BCUT2D eigenvalue weighted by Gasteiger charge is -2.11. The minimum Gasteiger partial charge on any atom is -0.439 e. The second kappa shape index (κ2) is 6.48. The summed E-state index contributed by atoms with van der Waals surface area (Å²) in [5.74, 6) is -1.55. The molecule has 0 bridgehead atoms. The second-order valence-electron chi connectivity index (χ2n) is 5.89. The molecule has 3 aromatic carbocycles. The number of carbonyl (C=O) groups is 1. The van der Waals surface area contributed by atoms with Gasteiger partial charge in [-0.2, -0.15) is 0 Å². The fraction of sp³-hybridized carbons (Fsp3) is 0.0526. The van der Waals surface area contributed by atoms with E-state index in [0.717, 1.165) is 6.07 Å². The Balaban J connectivity index is 1.73. The van der Waals surface area contributed by atoms with E-state index >= 15 is 0 Å². The standard InChI is InChI=1S/C19H13FN2O4S/c20-15-9-10-17(13-6-2-1-5-12(13)15)27(24,25)11-18-21-22-19(23)14-7-3-4-8-16(14)26-18/h1-10H,11H2,(H,22,23). The van der Waals surface area contributed by atoms with Crippen molar-refractivity contribution in [3.05, 3.63) is 72.0 Å². The molecule has 0 aliphatic carbocycles. The Morgan fingerprint density at radius 1 is 0.963 bits per heavy atom. The molecule has 0 saturated heterocycles. The molecule has 1 aliphatic rings. The molecule has 3 aromatic rings. The molecule has 27 heavy (non-hydrogen) atoms. The van der Waals surface area contributed by atoms with Gasteiger partial charge < -0.3 is 4.74 Å². The minimum absolute atomic E-state index is 0.0327. The third-order valence-corrected chi connectivity index (χ3v) is 5.77. The molecule has 6 nitrogen and oxygen atoms in total. The Morgan fingerprint density at radius 3 is 2.48 bits per heavy atom. The summed E-state index contributed by atoms with van der Waals surface area (Å²) in [5.41, 5.74) is 2.52. The number of para-hydroxylation sites is 1. The molecule has 8 heteroatoms. The summed E-state index contributed by atoms with van der Waals surface area (Å²) in [6.45, 7) is 0. The van der Waals surface area contributed by atoms with Gasteiger partial charge in [0.2, 0.25) is 5.90 Å². The lowest BCUT2D eigenvalue weighted by Crippen LogP contribution is -2.24. The summed E-state index contributed by atoms with van der Waals surface area (Å²) < 4.78 is 45.4. The van der Waals surface area contributed by atoms with Gasteiger partial charge >= 0.3 is 0 Å². The largest absolute Gasteiger partial charge is 0.439 e. The Kier molecular flexibility index (Phi) is 4.12. The van der Waals surface area contributed by atoms with Crippen molar-refractivity contribution in [2.24, 2.45) is 5.10 Å². The molecule has 1 heterocycles. The zero-order valence-corrected chi connectivity index (χ0v) is 14.7. The molecule has 0 saturated carbocycles. The Labute approximate surface area is 154 Å². The number of hydrogen-bond acceptors (Lipinski definition) is 5. The first kappa shape index (κ1) is 17.2. The number of carbonyl (C=O) groups excluding carboxylic acids is 1. The van der Waals surface area contributed by atoms with E-state index in [1.165, 1.54) is 18.2 Å². The average Bonchev–Trinajstić information content (AvgIpc) is 2.81. The minimum atomic E-state index is -3.91. The van der Waals surface area contributed by atoms with Gasteiger partial charge in [0.05, 0.1) is 10.5 Å². The predicted octanol–water partition coefficient (Wildman–Crippen LogP) is 2.89. The maximum atomic E-state index is 14.0. The summed E-state index contributed by atoms with van der Waals surface area (Å²) >= 11 is 0. The number of hydrogen-bond donors (Lipinski definition) is 1. The van der Waals surface area contributed by atoms with Gasteiger partial charge in [0, 0.05) is 10.8 Å². The van der Waals surface area contributed by atoms with Crippen molar-refractivity contribution in [2.45, 2.75) is 4.90 Å². The maximum absolute atomic E-state index is 14.0. The van der Waals surface area contributed by atoms with Crippen LogP contribution >= 0.6 is 0 Å². The molecular weight excluding hydrogens is 371 g/mol. The Bertz CT molecular complexity index is 1210. The van der Waals surface area contributed by atoms with Gasteiger partial charge in [-0.3, -0.25) is 4.79 Å². The number of ether oxygens (including phenoxy) is 1. The predicted molar refractivity (Wildman–Crippen MR) is 97.9 cm³/mol. The van der Waals surface area contributed by atoms with Crippen molar-refractivity contribution >= 4 is 32.4 Å². The van der Waals surface area contributed by atoms with Crippen LogP contribution in [0.4, 0.5) is 4.39 Å². The van der Waals surface area contributed by atoms with E-state index in [0.29, 0.717) is 0 Å². The van der Waals surface area contributed by atoms with Gasteiger partial charge in [0.1, 0.15) is 17.3 Å². The monoisotopic (exact) mass is 384 g/mol. The number of amides is 1. The number of nitrogens with zero attached hydrogens (tertiary/aromatic N) is 1. The number of benzene rings is 3. The summed E-state index contributed by atoms with van der Waals surface area (Å²) in [6.07, 6.45) is 0. The molecule has 4 rings (SSSR count). The second-order valence-corrected chi connectivity index (χ2v) is 7.85. The van der Waals surface area contributed by atoms with Crippen LogP contribution in [0.5, 0.6) is 5.75 Å². The zero-order chi connectivity index (χ0) is 19.0. The van der Waals surface area contributed by atoms with Gasteiger partial charge in [0.15, 0.2) is 9.84 Å². The van der Waals surface area contributed by atoms with Crippen LogP contribution in [0.15, 0.2) is 70.7 Å². The maximum Gasteiger partial charge on any atom is 0.275 e. The number of nitrogens with one attached hydrogen (secondary N) is 1. The Hall–Kier alpha value is -3.26. The van der Waals surface area contributed by atoms with Crippen LogP contribution in [-0.2, 0) is 9.84 Å². The number of halogens is 1. The number of rotatable bonds is 3. The molecular formula is C19H13FN2O4S. The van der Waals surface area contributed by atoms with Crippen LogP contribution < -0.4 is 10.2 Å². The smallest absolute Gasteiger partial charge is 0.275 e. The van der Waals surface area contributed by atoms with Gasteiger partial charge in [-0.1, -0.05) is 36.4 Å². The third-order valence-electron chi connectivity index (χ3n) is 4.12. The third kappa shape index (κ3) is 3.15. The fourth-order valence-electron chi connectivity index (χ4n) is 2.87. The van der Waals surface area contributed by atoms with Crippen molar-refractivity contribution in [1.29, 1.82) is 0 Å². The van der Waals surface area contributed by atoms with Crippen molar-refractivity contribution in [3.8, 4) is 5.75 Å². The topological polar surface area (TPSA) is 84.8 Å². The van der Waals surface area contributed by atoms with Gasteiger partial charge in [-0.05, 0) is 24.3 Å². The van der Waals surface area contributed by atoms with Crippen molar-refractivity contribution in [2.75, 3.05) is 5.75 Å². The molecule has 0 fully saturated rings. The molecule has 0 atom stereocenters. The molecule has 1 N–H and O–H groups in total. The molecule has 0 radical (unpaired) electrons. The van der Waals surface area contributed by atoms with Crippen LogP contribution in [0.3, 0.4) is 0 Å². The molecule has 1 amide bonds. The number of hydrazone groups is 1. The van der Waals surface area contributed by atoms with E-state index in [9.17, 15) is 17.6 Å². The molecule has 1 aliphatic heterocycles. The van der Waals surface area contributed by atoms with E-state index in [1.54, 1.807) is 36.4 Å². The molecule has 0 aromatic heterocycles. The van der Waals surface area contributed by atoms with Crippen molar-refractivity contribution < 1.29 is 22.3 Å². The van der Waals surface area contributed by atoms with E-state index < -0.39 is 27.3 Å². The first-order valence-corrected chi connectivity index (χ1v) is 9.65. The van der Waals surface area contributed by atoms with Crippen molar-refractivity contribution in [1.82, 2.24) is 5.43 Å². The number of fused-ring (bicyclic) bond motifs is 2. The van der Waals surface area contributed by atoms with Crippen LogP contribution in [-0.4, -0.2) is 26.0 Å². The highest BCUT2D eigenvalue weighted by Crippen LogP contribution is 2.27. The SMILES string of the molecule is O=C1NN=C(CS(=O)(=O)c2ccc(F)c3ccccc23)Oc2ccccc21. The van der Waals surface area contributed by atoms with Gasteiger partial charge in [0.25, 0.3) is 5.91 Å². The Morgan fingerprint density at radius 2 is 1.67 bits per heavy atom. The van der Waals surface area contributed by atoms with Gasteiger partial charge in [-0.15, -0.1) is 5.10 Å². The summed E-state index contributed by atoms with van der Waals surface area (Å²) in [6, 6.07) is 15.1. The van der Waals surface area contributed by atoms with E-state index in [-0.39, 0.29) is 32.9 Å². The molecule has 0 unspecified atom stereocenters. The fourth-order valence-corrected chi connectivity index (χ4v) is 4.27. The van der Waals surface area contributed by atoms with Crippen LogP contribution in [0.1, 0.15) is 10.4 Å². The highest BCUT2D eigenvalue weighted by Gasteiger charge is 2.26. The van der Waals surface area contributed by atoms with E-state index in [4.69, 9.17) is 4.74 Å². The zero-order valence-electron chi connectivity index (χ0n) is 13.8. The van der Waals surface area contributed by atoms with Gasteiger partial charge in [-0.25, -0.2) is 18.2 Å². The van der Waals surface area contributed by atoms with Crippen LogP contribution in [0.2, 0.25) is 0 Å². The lowest BCUT2D eigenvalue weighted by atomic mass is 10.1. The summed E-state index contributed by atoms with van der Waals surface area (Å²) in [7, 11) is -3.91. The summed E-state index contributed by atoms with van der Waals surface area (Å²) in [5, 5.41) is 4.25. The van der Waals surface area contributed by atoms with Crippen molar-refractivity contribution in [3.63, 3.8) is 0 Å². The summed E-state index contributed by atoms with van der Waals surface area (Å²) in [4.78, 5) is 12.0. The highest BCUT2D eigenvalue weighted by molar-refractivity contribution is 7.92.